The summed E-state index contributed by atoms with van der Waals surface area (Å²) in [5.41, 5.74) is 0. The summed E-state index contributed by atoms with van der Waals surface area (Å²) in [5, 5.41) is 0. The number of carbonyl (C=O) groups excluding carboxylic acids is 1. The molecule has 2 heterocycles. The number of amides is 1. The molecule has 0 spiro atoms. The van der Waals surface area contributed by atoms with Crippen LogP contribution >= 0.6 is 0 Å². The lowest BCUT2D eigenvalue weighted by atomic mass is 9.96. The Balaban J connectivity index is 1.33. The molecule has 1 aliphatic heterocycles. The fourth-order valence-electron chi connectivity index (χ4n) is 5.12. The van der Waals surface area contributed by atoms with Crippen molar-refractivity contribution < 1.29 is 4.79 Å². The minimum atomic E-state index is 0.311. The van der Waals surface area contributed by atoms with E-state index in [4.69, 9.17) is 0 Å². The summed E-state index contributed by atoms with van der Waals surface area (Å²) in [6.45, 7) is 1.95. The first-order chi connectivity index (χ1) is 10.7. The molecule has 0 bridgehead atoms. The van der Waals surface area contributed by atoms with Crippen molar-refractivity contribution in [3.05, 3.63) is 18.2 Å². The van der Waals surface area contributed by atoms with Crippen LogP contribution in [0.25, 0.3) is 0 Å². The summed E-state index contributed by atoms with van der Waals surface area (Å²) >= 11 is 0. The van der Waals surface area contributed by atoms with E-state index in [0.717, 1.165) is 50.6 Å². The molecular weight excluding hydrogens is 274 g/mol. The van der Waals surface area contributed by atoms with Gasteiger partial charge in [-0.2, -0.15) is 0 Å². The number of carbonyl (C=O) groups is 1. The zero-order chi connectivity index (χ0) is 15.1. The van der Waals surface area contributed by atoms with Crippen LogP contribution in [0.2, 0.25) is 0 Å². The van der Waals surface area contributed by atoms with E-state index in [1.807, 2.05) is 18.1 Å². The average Bonchev–Trinajstić information content (AvgIpc) is 3.20. The summed E-state index contributed by atoms with van der Waals surface area (Å²) in [4.78, 5) is 19.2. The van der Waals surface area contributed by atoms with E-state index in [2.05, 4.69) is 15.7 Å². The standard InChI is InChI=1S/C18H27N3O/c1-20(12-13-5-7-21-8-6-19-17(21)9-13)18(22)16-10-14-3-2-4-15(14)11-16/h6,8,13-16H,2-5,7,9-12H2,1H3. The van der Waals surface area contributed by atoms with Crippen molar-refractivity contribution in [1.29, 1.82) is 0 Å². The van der Waals surface area contributed by atoms with Crippen LogP contribution in [0, 0.1) is 23.7 Å². The highest BCUT2D eigenvalue weighted by atomic mass is 16.2. The number of aromatic nitrogens is 2. The zero-order valence-electron chi connectivity index (χ0n) is 13.6. The highest BCUT2D eigenvalue weighted by Crippen LogP contribution is 2.47. The number of nitrogens with zero attached hydrogens (tertiary/aromatic N) is 3. The fourth-order valence-corrected chi connectivity index (χ4v) is 5.12. The number of hydrogen-bond acceptors (Lipinski definition) is 2. The van der Waals surface area contributed by atoms with Crippen LogP contribution in [0.4, 0.5) is 0 Å². The molecule has 0 radical (unpaired) electrons. The molecule has 0 saturated heterocycles. The van der Waals surface area contributed by atoms with Gasteiger partial charge in [-0.15, -0.1) is 0 Å². The van der Waals surface area contributed by atoms with Gasteiger partial charge in [0.05, 0.1) is 0 Å². The summed E-state index contributed by atoms with van der Waals surface area (Å²) in [6.07, 6.45) is 12.6. The number of hydrogen-bond donors (Lipinski definition) is 0. The third-order valence-corrected chi connectivity index (χ3v) is 6.30. The van der Waals surface area contributed by atoms with Crippen molar-refractivity contribution >= 4 is 5.91 Å². The molecule has 120 valence electrons. The minimum absolute atomic E-state index is 0.311. The molecule has 1 amide bonds. The molecule has 0 aromatic carbocycles. The Bertz CT molecular complexity index is 540. The highest BCUT2D eigenvalue weighted by molar-refractivity contribution is 5.79. The van der Waals surface area contributed by atoms with Crippen LogP contribution in [0.3, 0.4) is 0 Å². The van der Waals surface area contributed by atoms with Crippen LogP contribution in [0.15, 0.2) is 12.4 Å². The van der Waals surface area contributed by atoms with Crippen LogP contribution in [-0.4, -0.2) is 34.0 Å². The molecule has 22 heavy (non-hydrogen) atoms. The number of aryl methyl sites for hydroxylation is 1. The molecule has 4 heteroatoms. The van der Waals surface area contributed by atoms with Gasteiger partial charge in [-0.25, -0.2) is 4.98 Å². The lowest BCUT2D eigenvalue weighted by Gasteiger charge is -2.29. The number of imidazole rings is 1. The smallest absolute Gasteiger partial charge is 0.225 e. The van der Waals surface area contributed by atoms with Gasteiger partial charge in [0.25, 0.3) is 0 Å². The van der Waals surface area contributed by atoms with Gasteiger partial charge in [0.2, 0.25) is 5.91 Å². The van der Waals surface area contributed by atoms with Crippen molar-refractivity contribution in [3.63, 3.8) is 0 Å². The first-order valence-corrected chi connectivity index (χ1v) is 8.95. The van der Waals surface area contributed by atoms with Gasteiger partial charge < -0.3 is 9.47 Å². The predicted octanol–water partition coefficient (Wildman–Crippen LogP) is 2.73. The zero-order valence-corrected chi connectivity index (χ0v) is 13.6. The van der Waals surface area contributed by atoms with Crippen molar-refractivity contribution in [2.75, 3.05) is 13.6 Å². The summed E-state index contributed by atoms with van der Waals surface area (Å²) in [5.74, 6) is 4.18. The average molecular weight is 301 g/mol. The maximum absolute atomic E-state index is 12.8. The Kier molecular flexibility index (Phi) is 3.71. The van der Waals surface area contributed by atoms with Gasteiger partial charge in [0, 0.05) is 44.9 Å². The maximum atomic E-state index is 12.8. The third-order valence-electron chi connectivity index (χ3n) is 6.30. The normalized spacial score (nSPS) is 33.5. The fraction of sp³-hybridized carbons (Fsp3) is 0.778. The lowest BCUT2D eigenvalue weighted by Crippen LogP contribution is -2.38. The van der Waals surface area contributed by atoms with Gasteiger partial charge in [0.1, 0.15) is 5.82 Å². The molecule has 3 unspecified atom stereocenters. The SMILES string of the molecule is CN(CC1CCn2ccnc2C1)C(=O)C1CC2CCCC2C1. The van der Waals surface area contributed by atoms with Crippen molar-refractivity contribution in [1.82, 2.24) is 14.5 Å². The van der Waals surface area contributed by atoms with Gasteiger partial charge in [-0.1, -0.05) is 19.3 Å². The molecule has 4 rings (SSSR count). The molecular formula is C18H27N3O. The first-order valence-electron chi connectivity index (χ1n) is 8.95. The van der Waals surface area contributed by atoms with E-state index < -0.39 is 0 Å². The molecule has 0 N–H and O–H groups in total. The Labute approximate surface area is 132 Å². The molecule has 3 aliphatic rings. The van der Waals surface area contributed by atoms with E-state index >= 15 is 0 Å². The van der Waals surface area contributed by atoms with Gasteiger partial charge in [-0.3, -0.25) is 4.79 Å². The molecule has 1 aromatic heterocycles. The summed E-state index contributed by atoms with van der Waals surface area (Å²) in [7, 11) is 2.01. The third kappa shape index (κ3) is 2.57. The lowest BCUT2D eigenvalue weighted by molar-refractivity contribution is -0.134. The molecule has 4 nitrogen and oxygen atoms in total. The monoisotopic (exact) mass is 301 g/mol. The van der Waals surface area contributed by atoms with E-state index in [9.17, 15) is 4.79 Å². The van der Waals surface area contributed by atoms with Crippen LogP contribution in [0.1, 0.15) is 44.3 Å². The van der Waals surface area contributed by atoms with Crippen LogP contribution in [0.5, 0.6) is 0 Å². The van der Waals surface area contributed by atoms with E-state index in [1.54, 1.807) is 0 Å². The first kappa shape index (κ1) is 14.3. The van der Waals surface area contributed by atoms with E-state index in [1.165, 1.54) is 25.1 Å². The van der Waals surface area contributed by atoms with Gasteiger partial charge in [-0.05, 0) is 37.0 Å². The summed E-state index contributed by atoms with van der Waals surface area (Å²) < 4.78 is 2.25. The second-order valence-electron chi connectivity index (χ2n) is 7.73. The van der Waals surface area contributed by atoms with Crippen molar-refractivity contribution in [3.8, 4) is 0 Å². The molecule has 2 aliphatic carbocycles. The second-order valence-corrected chi connectivity index (χ2v) is 7.73. The van der Waals surface area contributed by atoms with Crippen LogP contribution in [-0.2, 0) is 17.8 Å². The Hall–Kier alpha value is -1.32. The Morgan fingerprint density at radius 2 is 2.09 bits per heavy atom. The van der Waals surface area contributed by atoms with Crippen LogP contribution < -0.4 is 0 Å². The number of rotatable bonds is 3. The second kappa shape index (κ2) is 5.71. The topological polar surface area (TPSA) is 38.1 Å². The van der Waals surface area contributed by atoms with E-state index in [0.29, 0.717) is 17.7 Å². The Morgan fingerprint density at radius 3 is 2.86 bits per heavy atom. The highest BCUT2D eigenvalue weighted by Gasteiger charge is 2.41. The molecule has 1 aromatic rings. The largest absolute Gasteiger partial charge is 0.345 e. The molecule has 2 saturated carbocycles. The maximum Gasteiger partial charge on any atom is 0.225 e. The van der Waals surface area contributed by atoms with Gasteiger partial charge >= 0.3 is 0 Å². The molecule has 2 fully saturated rings. The number of fused-ring (bicyclic) bond motifs is 2. The quantitative estimate of drug-likeness (QED) is 0.861. The van der Waals surface area contributed by atoms with E-state index in [-0.39, 0.29) is 0 Å². The Morgan fingerprint density at radius 1 is 1.32 bits per heavy atom. The summed E-state index contributed by atoms with van der Waals surface area (Å²) in [6, 6.07) is 0. The van der Waals surface area contributed by atoms with Crippen molar-refractivity contribution in [2.24, 2.45) is 23.7 Å². The molecule has 3 atom stereocenters. The predicted molar refractivity (Wildman–Crippen MR) is 85.2 cm³/mol. The van der Waals surface area contributed by atoms with Gasteiger partial charge in [0.15, 0.2) is 0 Å². The minimum Gasteiger partial charge on any atom is -0.345 e. The van der Waals surface area contributed by atoms with Crippen molar-refractivity contribution in [2.45, 2.75) is 51.5 Å².